The number of aromatic nitrogens is 3. The molecule has 0 aliphatic rings. The zero-order valence-corrected chi connectivity index (χ0v) is 20.8. The van der Waals surface area contributed by atoms with E-state index in [0.717, 1.165) is 17.1 Å². The number of hydrogen-bond donors (Lipinski definition) is 3. The van der Waals surface area contributed by atoms with Crippen molar-refractivity contribution in [2.24, 2.45) is 0 Å². The maximum Gasteiger partial charge on any atom is 0.407 e. The van der Waals surface area contributed by atoms with Crippen LogP contribution in [0.2, 0.25) is 0 Å². The van der Waals surface area contributed by atoms with Crippen LogP contribution in [0.15, 0.2) is 54.9 Å². The lowest BCUT2D eigenvalue weighted by molar-refractivity contribution is 0.103. The molecule has 0 saturated carbocycles. The van der Waals surface area contributed by atoms with Gasteiger partial charge in [0.05, 0.1) is 5.69 Å². The van der Waals surface area contributed by atoms with Crippen molar-refractivity contribution in [3.63, 3.8) is 0 Å². The number of rotatable bonds is 7. The van der Waals surface area contributed by atoms with E-state index in [1.165, 1.54) is 10.5 Å². The van der Waals surface area contributed by atoms with Crippen molar-refractivity contribution < 1.29 is 9.90 Å². The molecule has 34 heavy (non-hydrogen) atoms. The molecule has 0 bridgehead atoms. The first-order chi connectivity index (χ1) is 15.9. The summed E-state index contributed by atoms with van der Waals surface area (Å²) in [5.74, 6) is 2.11. The van der Waals surface area contributed by atoms with E-state index >= 15 is 0 Å². The molecule has 0 atom stereocenters. The van der Waals surface area contributed by atoms with Gasteiger partial charge in [0.15, 0.2) is 0 Å². The van der Waals surface area contributed by atoms with Gasteiger partial charge in [0.25, 0.3) is 0 Å². The molecule has 8 heteroatoms. The van der Waals surface area contributed by atoms with Crippen LogP contribution < -0.4 is 10.6 Å². The van der Waals surface area contributed by atoms with Gasteiger partial charge in [0.1, 0.15) is 17.5 Å². The standard InChI is InChI=1S/C26H34N6O2/c1-25(2,3)19-11-13-28-23(17-19)31-21-9-7-8-20(30-21)18-10-12-27-22(16-18)29-14-15-32(24(33)34)26(4,5)6/h7-13,16-17H,14-15H2,1-6H3,(H,27,29)(H,33,34)(H,28,30,31). The minimum Gasteiger partial charge on any atom is -0.465 e. The fraction of sp³-hybridized carbons (Fsp3) is 0.385. The zero-order chi connectivity index (χ0) is 24.9. The first-order valence-electron chi connectivity index (χ1n) is 11.3. The Morgan fingerprint density at radius 2 is 1.65 bits per heavy atom. The van der Waals surface area contributed by atoms with E-state index in [1.54, 1.807) is 12.4 Å². The Morgan fingerprint density at radius 3 is 2.32 bits per heavy atom. The van der Waals surface area contributed by atoms with E-state index in [2.05, 4.69) is 41.4 Å². The number of anilines is 3. The Bertz CT molecular complexity index is 1130. The van der Waals surface area contributed by atoms with E-state index in [4.69, 9.17) is 4.98 Å². The monoisotopic (exact) mass is 462 g/mol. The van der Waals surface area contributed by atoms with E-state index in [-0.39, 0.29) is 5.41 Å². The van der Waals surface area contributed by atoms with Crippen LogP contribution in [0.5, 0.6) is 0 Å². The number of carbonyl (C=O) groups is 1. The van der Waals surface area contributed by atoms with E-state index < -0.39 is 11.6 Å². The predicted octanol–water partition coefficient (Wildman–Crippen LogP) is 5.77. The summed E-state index contributed by atoms with van der Waals surface area (Å²) in [6.07, 6.45) is 2.58. The zero-order valence-electron chi connectivity index (χ0n) is 20.8. The Hall–Kier alpha value is -3.68. The van der Waals surface area contributed by atoms with Crippen molar-refractivity contribution >= 4 is 23.5 Å². The maximum absolute atomic E-state index is 11.5. The van der Waals surface area contributed by atoms with Gasteiger partial charge >= 0.3 is 6.09 Å². The minimum atomic E-state index is -0.938. The molecule has 0 fully saturated rings. The third-order valence-corrected chi connectivity index (χ3v) is 5.37. The van der Waals surface area contributed by atoms with Gasteiger partial charge in [0, 0.05) is 36.6 Å². The highest BCUT2D eigenvalue weighted by molar-refractivity contribution is 5.67. The third-order valence-electron chi connectivity index (χ3n) is 5.37. The summed E-state index contributed by atoms with van der Waals surface area (Å²) in [5, 5.41) is 16.0. The average Bonchev–Trinajstić information content (AvgIpc) is 2.75. The highest BCUT2D eigenvalue weighted by Crippen LogP contribution is 2.26. The van der Waals surface area contributed by atoms with E-state index in [1.807, 2.05) is 63.2 Å². The Labute approximate surface area is 201 Å². The second-order valence-electron chi connectivity index (χ2n) is 10.2. The molecule has 3 heterocycles. The molecule has 180 valence electrons. The molecule has 3 rings (SSSR count). The van der Waals surface area contributed by atoms with Crippen LogP contribution in [0.4, 0.5) is 22.2 Å². The summed E-state index contributed by atoms with van der Waals surface area (Å²) in [7, 11) is 0. The molecule has 0 aliphatic carbocycles. The van der Waals surface area contributed by atoms with Crippen molar-refractivity contribution in [1.82, 2.24) is 19.9 Å². The fourth-order valence-electron chi connectivity index (χ4n) is 3.46. The lowest BCUT2D eigenvalue weighted by Crippen LogP contribution is -2.47. The molecule has 8 nitrogen and oxygen atoms in total. The summed E-state index contributed by atoms with van der Waals surface area (Å²) >= 11 is 0. The lowest BCUT2D eigenvalue weighted by atomic mass is 9.88. The summed E-state index contributed by atoms with van der Waals surface area (Å²) in [6, 6.07) is 13.7. The molecule has 3 aromatic rings. The second-order valence-corrected chi connectivity index (χ2v) is 10.2. The average molecular weight is 463 g/mol. The van der Waals surface area contributed by atoms with Gasteiger partial charge < -0.3 is 20.6 Å². The summed E-state index contributed by atoms with van der Waals surface area (Å²) in [4.78, 5) is 26.5. The molecule has 0 aliphatic heterocycles. The van der Waals surface area contributed by atoms with Crippen LogP contribution in [0.25, 0.3) is 11.3 Å². The Morgan fingerprint density at radius 1 is 0.941 bits per heavy atom. The Balaban J connectivity index is 1.71. The molecular formula is C26H34N6O2. The highest BCUT2D eigenvalue weighted by atomic mass is 16.4. The molecule has 0 spiro atoms. The van der Waals surface area contributed by atoms with Crippen LogP contribution in [0.1, 0.15) is 47.1 Å². The van der Waals surface area contributed by atoms with Gasteiger partial charge in [-0.25, -0.2) is 19.7 Å². The molecule has 0 aromatic carbocycles. The van der Waals surface area contributed by atoms with Gasteiger partial charge in [-0.15, -0.1) is 0 Å². The van der Waals surface area contributed by atoms with E-state index in [0.29, 0.717) is 24.7 Å². The molecule has 0 saturated heterocycles. The van der Waals surface area contributed by atoms with E-state index in [9.17, 15) is 9.90 Å². The molecular weight excluding hydrogens is 428 g/mol. The normalized spacial score (nSPS) is 11.7. The minimum absolute atomic E-state index is 0.0312. The molecule has 0 radical (unpaired) electrons. The van der Waals surface area contributed by atoms with Crippen molar-refractivity contribution in [1.29, 1.82) is 0 Å². The Kier molecular flexibility index (Phi) is 7.39. The van der Waals surface area contributed by atoms with Crippen LogP contribution >= 0.6 is 0 Å². The maximum atomic E-state index is 11.5. The van der Waals surface area contributed by atoms with Gasteiger partial charge in [0.2, 0.25) is 0 Å². The largest absolute Gasteiger partial charge is 0.465 e. The molecule has 0 unspecified atom stereocenters. The van der Waals surface area contributed by atoms with Crippen LogP contribution in [-0.4, -0.2) is 49.7 Å². The lowest BCUT2D eigenvalue weighted by Gasteiger charge is -2.33. The number of amides is 1. The number of hydrogen-bond acceptors (Lipinski definition) is 6. The quantitative estimate of drug-likeness (QED) is 0.409. The third kappa shape index (κ3) is 6.66. The second kappa shape index (κ2) is 10.1. The van der Waals surface area contributed by atoms with Crippen molar-refractivity contribution in [3.05, 3.63) is 60.4 Å². The SMILES string of the molecule is CC(C)(C)c1ccnc(Nc2cccc(-c3ccnc(NCCN(C(=O)O)C(C)(C)C)c3)n2)c1. The predicted molar refractivity (Wildman–Crippen MR) is 137 cm³/mol. The first kappa shape index (κ1) is 25.0. The van der Waals surface area contributed by atoms with Crippen molar-refractivity contribution in [2.45, 2.75) is 52.5 Å². The van der Waals surface area contributed by atoms with Crippen LogP contribution in [-0.2, 0) is 5.41 Å². The summed E-state index contributed by atoms with van der Waals surface area (Å²) < 4.78 is 0. The number of carboxylic acid groups (broad SMARTS) is 1. The van der Waals surface area contributed by atoms with Gasteiger partial charge in [-0.3, -0.25) is 0 Å². The molecule has 3 N–H and O–H groups in total. The molecule has 3 aromatic heterocycles. The smallest absolute Gasteiger partial charge is 0.407 e. The number of nitrogens with one attached hydrogen (secondary N) is 2. The van der Waals surface area contributed by atoms with Gasteiger partial charge in [-0.05, 0) is 68.1 Å². The van der Waals surface area contributed by atoms with Crippen molar-refractivity contribution in [3.8, 4) is 11.3 Å². The number of nitrogens with zero attached hydrogens (tertiary/aromatic N) is 4. The number of pyridine rings is 3. The summed E-state index contributed by atoms with van der Waals surface area (Å²) in [6.45, 7) is 12.9. The van der Waals surface area contributed by atoms with Crippen LogP contribution in [0.3, 0.4) is 0 Å². The van der Waals surface area contributed by atoms with Crippen molar-refractivity contribution in [2.75, 3.05) is 23.7 Å². The molecule has 1 amide bonds. The van der Waals surface area contributed by atoms with Crippen LogP contribution in [0, 0.1) is 0 Å². The topological polar surface area (TPSA) is 103 Å². The summed E-state index contributed by atoms with van der Waals surface area (Å²) in [5.41, 5.74) is 2.46. The highest BCUT2D eigenvalue weighted by Gasteiger charge is 2.25. The van der Waals surface area contributed by atoms with Gasteiger partial charge in [-0.2, -0.15) is 0 Å². The van der Waals surface area contributed by atoms with Gasteiger partial charge in [-0.1, -0.05) is 26.8 Å². The fourth-order valence-corrected chi connectivity index (χ4v) is 3.46. The first-order valence-corrected chi connectivity index (χ1v) is 11.3.